The summed E-state index contributed by atoms with van der Waals surface area (Å²) in [5.41, 5.74) is 3.72. The lowest BCUT2D eigenvalue weighted by Crippen LogP contribution is -2.39. The van der Waals surface area contributed by atoms with Gasteiger partial charge in [0.25, 0.3) is 0 Å². The van der Waals surface area contributed by atoms with Crippen LogP contribution in [0, 0.1) is 5.41 Å². The van der Waals surface area contributed by atoms with E-state index in [4.69, 9.17) is 0 Å². The van der Waals surface area contributed by atoms with Gasteiger partial charge in [0.1, 0.15) is 0 Å². The molecule has 1 N–H and O–H groups in total. The Labute approximate surface area is 96.1 Å². The molecule has 0 radical (unpaired) electrons. The molecule has 0 unspecified atom stereocenters. The molecule has 1 saturated carbocycles. The van der Waals surface area contributed by atoms with Crippen molar-refractivity contribution in [2.24, 2.45) is 5.41 Å². The number of rotatable bonds is 6. The Kier molecular flexibility index (Phi) is 3.76. The summed E-state index contributed by atoms with van der Waals surface area (Å²) >= 11 is 1.68. The van der Waals surface area contributed by atoms with Crippen LogP contribution in [0.5, 0.6) is 0 Å². The minimum absolute atomic E-state index is 0.630. The standard InChI is InChI=1S/C12H20N2S/c1-2-4-12(5-3-6-12)9-13-7-11-8-15-10-14-11/h8,10,13H,2-7,9H2,1H3. The summed E-state index contributed by atoms with van der Waals surface area (Å²) < 4.78 is 0. The highest BCUT2D eigenvalue weighted by atomic mass is 32.1. The molecule has 0 aromatic carbocycles. The number of nitrogens with zero attached hydrogens (tertiary/aromatic N) is 1. The van der Waals surface area contributed by atoms with E-state index in [0.717, 1.165) is 6.54 Å². The summed E-state index contributed by atoms with van der Waals surface area (Å²) in [5.74, 6) is 0. The lowest BCUT2D eigenvalue weighted by molar-refractivity contribution is 0.115. The van der Waals surface area contributed by atoms with Crippen LogP contribution in [-0.2, 0) is 6.54 Å². The van der Waals surface area contributed by atoms with E-state index < -0.39 is 0 Å². The predicted octanol–water partition coefficient (Wildman–Crippen LogP) is 3.20. The Hall–Kier alpha value is -0.410. The van der Waals surface area contributed by atoms with Crippen molar-refractivity contribution in [2.75, 3.05) is 6.54 Å². The molecule has 84 valence electrons. The zero-order valence-corrected chi connectivity index (χ0v) is 10.3. The Bertz CT molecular complexity index is 278. The second kappa shape index (κ2) is 5.08. The first-order valence-corrected chi connectivity index (χ1v) is 6.87. The number of thiazole rings is 1. The number of hydrogen-bond donors (Lipinski definition) is 1. The summed E-state index contributed by atoms with van der Waals surface area (Å²) in [7, 11) is 0. The maximum atomic E-state index is 4.28. The first kappa shape index (κ1) is 11.1. The molecule has 0 amide bonds. The molecule has 0 spiro atoms. The fraction of sp³-hybridized carbons (Fsp3) is 0.750. The maximum absolute atomic E-state index is 4.28. The number of hydrogen-bond acceptors (Lipinski definition) is 3. The zero-order chi connectivity index (χ0) is 10.6. The third kappa shape index (κ3) is 2.79. The second-order valence-corrected chi connectivity index (χ2v) is 5.41. The number of aromatic nitrogens is 1. The highest BCUT2D eigenvalue weighted by Gasteiger charge is 2.35. The summed E-state index contributed by atoms with van der Waals surface area (Å²) in [6.07, 6.45) is 6.98. The third-order valence-corrected chi connectivity index (χ3v) is 4.12. The minimum Gasteiger partial charge on any atom is -0.311 e. The van der Waals surface area contributed by atoms with E-state index in [1.54, 1.807) is 11.3 Å². The van der Waals surface area contributed by atoms with E-state index in [1.807, 2.05) is 5.51 Å². The topological polar surface area (TPSA) is 24.9 Å². The van der Waals surface area contributed by atoms with Gasteiger partial charge in [0.05, 0.1) is 11.2 Å². The Morgan fingerprint density at radius 3 is 2.93 bits per heavy atom. The third-order valence-electron chi connectivity index (χ3n) is 3.48. The van der Waals surface area contributed by atoms with Crippen molar-refractivity contribution >= 4 is 11.3 Å². The van der Waals surface area contributed by atoms with Crippen LogP contribution < -0.4 is 5.32 Å². The molecule has 0 atom stereocenters. The van der Waals surface area contributed by atoms with Crippen molar-refractivity contribution in [2.45, 2.75) is 45.6 Å². The van der Waals surface area contributed by atoms with Gasteiger partial charge in [-0.1, -0.05) is 19.8 Å². The average Bonchev–Trinajstić information content (AvgIpc) is 2.67. The SMILES string of the molecule is CCCC1(CNCc2cscn2)CCC1. The molecular weight excluding hydrogens is 204 g/mol. The van der Waals surface area contributed by atoms with Gasteiger partial charge in [-0.25, -0.2) is 4.98 Å². The van der Waals surface area contributed by atoms with E-state index >= 15 is 0 Å². The quantitative estimate of drug-likeness (QED) is 0.802. The van der Waals surface area contributed by atoms with E-state index in [2.05, 4.69) is 22.6 Å². The number of nitrogens with one attached hydrogen (secondary N) is 1. The molecule has 0 saturated heterocycles. The van der Waals surface area contributed by atoms with Crippen molar-refractivity contribution < 1.29 is 0 Å². The van der Waals surface area contributed by atoms with Crippen molar-refractivity contribution in [3.63, 3.8) is 0 Å². The van der Waals surface area contributed by atoms with E-state index in [0.29, 0.717) is 5.41 Å². The molecule has 3 heteroatoms. The molecule has 1 fully saturated rings. The van der Waals surface area contributed by atoms with Crippen molar-refractivity contribution in [3.05, 3.63) is 16.6 Å². The summed E-state index contributed by atoms with van der Waals surface area (Å²) in [6.45, 7) is 4.41. The minimum atomic E-state index is 0.630. The van der Waals surface area contributed by atoms with Gasteiger partial charge in [-0.15, -0.1) is 11.3 Å². The first-order chi connectivity index (χ1) is 7.35. The van der Waals surface area contributed by atoms with E-state index in [1.165, 1.54) is 44.3 Å². The van der Waals surface area contributed by atoms with Gasteiger partial charge in [0.2, 0.25) is 0 Å². The average molecular weight is 224 g/mol. The highest BCUT2D eigenvalue weighted by molar-refractivity contribution is 7.07. The summed E-state index contributed by atoms with van der Waals surface area (Å²) in [5, 5.41) is 5.68. The fourth-order valence-corrected chi connectivity index (χ4v) is 3.06. The Morgan fingerprint density at radius 1 is 1.53 bits per heavy atom. The van der Waals surface area contributed by atoms with E-state index in [-0.39, 0.29) is 0 Å². The summed E-state index contributed by atoms with van der Waals surface area (Å²) in [4.78, 5) is 4.28. The molecule has 1 aromatic rings. The Balaban J connectivity index is 1.72. The van der Waals surface area contributed by atoms with E-state index in [9.17, 15) is 0 Å². The fourth-order valence-electron chi connectivity index (χ4n) is 2.50. The van der Waals surface area contributed by atoms with Crippen molar-refractivity contribution in [1.82, 2.24) is 10.3 Å². The van der Waals surface area contributed by atoms with Crippen LogP contribution >= 0.6 is 11.3 Å². The van der Waals surface area contributed by atoms with Crippen LogP contribution in [0.25, 0.3) is 0 Å². The second-order valence-electron chi connectivity index (χ2n) is 4.69. The van der Waals surface area contributed by atoms with Crippen LogP contribution in [0.3, 0.4) is 0 Å². The molecule has 1 aliphatic carbocycles. The molecule has 1 aromatic heterocycles. The molecule has 2 nitrogen and oxygen atoms in total. The van der Waals surface area contributed by atoms with Crippen LogP contribution in [0.1, 0.15) is 44.7 Å². The summed E-state index contributed by atoms with van der Waals surface area (Å²) in [6, 6.07) is 0. The molecule has 0 aliphatic heterocycles. The van der Waals surface area contributed by atoms with Crippen molar-refractivity contribution in [1.29, 1.82) is 0 Å². The van der Waals surface area contributed by atoms with Crippen LogP contribution in [0.2, 0.25) is 0 Å². The van der Waals surface area contributed by atoms with Crippen LogP contribution in [-0.4, -0.2) is 11.5 Å². The smallest absolute Gasteiger partial charge is 0.0795 e. The largest absolute Gasteiger partial charge is 0.311 e. The van der Waals surface area contributed by atoms with Gasteiger partial charge in [0, 0.05) is 18.5 Å². The molecule has 1 aliphatic rings. The maximum Gasteiger partial charge on any atom is 0.0795 e. The van der Waals surface area contributed by atoms with Gasteiger partial charge >= 0.3 is 0 Å². The molecule has 0 bridgehead atoms. The molecular formula is C12H20N2S. The predicted molar refractivity (Wildman–Crippen MR) is 65.0 cm³/mol. The lowest BCUT2D eigenvalue weighted by Gasteiger charge is -2.42. The van der Waals surface area contributed by atoms with Crippen molar-refractivity contribution in [3.8, 4) is 0 Å². The van der Waals surface area contributed by atoms with Gasteiger partial charge in [-0.3, -0.25) is 0 Å². The molecule has 15 heavy (non-hydrogen) atoms. The zero-order valence-electron chi connectivity index (χ0n) is 9.46. The van der Waals surface area contributed by atoms with Crippen LogP contribution in [0.15, 0.2) is 10.9 Å². The van der Waals surface area contributed by atoms with Gasteiger partial charge < -0.3 is 5.32 Å². The van der Waals surface area contributed by atoms with Gasteiger partial charge in [-0.2, -0.15) is 0 Å². The lowest BCUT2D eigenvalue weighted by atomic mass is 9.66. The molecule has 1 heterocycles. The van der Waals surface area contributed by atoms with Gasteiger partial charge in [0.15, 0.2) is 0 Å². The highest BCUT2D eigenvalue weighted by Crippen LogP contribution is 2.44. The Morgan fingerprint density at radius 2 is 2.40 bits per heavy atom. The van der Waals surface area contributed by atoms with Gasteiger partial charge in [-0.05, 0) is 24.7 Å². The molecule has 2 rings (SSSR count). The monoisotopic (exact) mass is 224 g/mol. The normalized spacial score (nSPS) is 18.7. The van der Waals surface area contributed by atoms with Crippen LogP contribution in [0.4, 0.5) is 0 Å². The first-order valence-electron chi connectivity index (χ1n) is 5.92.